The number of rotatable bonds is 8. The van der Waals surface area contributed by atoms with Gasteiger partial charge in [0.2, 0.25) is 0 Å². The average Bonchev–Trinajstić information content (AvgIpc) is 3.06. The summed E-state index contributed by atoms with van der Waals surface area (Å²) in [6.45, 7) is 4.08. The van der Waals surface area contributed by atoms with Gasteiger partial charge >= 0.3 is 5.97 Å². The molecular formula is C24H25NO4. The molecule has 0 bridgehead atoms. The fraction of sp³-hybridized carbons (Fsp3) is 0.250. The van der Waals surface area contributed by atoms with E-state index in [1.54, 1.807) is 14.0 Å². The van der Waals surface area contributed by atoms with Crippen LogP contribution in [0.4, 0.5) is 0 Å². The third kappa shape index (κ3) is 4.74. The van der Waals surface area contributed by atoms with Gasteiger partial charge in [0.1, 0.15) is 17.2 Å². The number of benzene rings is 2. The van der Waals surface area contributed by atoms with Gasteiger partial charge < -0.3 is 14.0 Å². The van der Waals surface area contributed by atoms with Gasteiger partial charge in [-0.2, -0.15) is 0 Å². The minimum atomic E-state index is -0.417. The number of methoxy groups -OCH3 is 1. The summed E-state index contributed by atoms with van der Waals surface area (Å²) in [5, 5.41) is 0. The standard InChI is InChI=1S/C24H25NO4/c1-4-29-24(27)23-21(14-17(2)26)22(19-10-12-20(28-3)13-11-19)16-25(23)15-18-8-6-5-7-9-18/h5-13,16H,4,14-15H2,1-3H3. The van der Waals surface area contributed by atoms with Crippen LogP contribution in [0.25, 0.3) is 11.1 Å². The summed E-state index contributed by atoms with van der Waals surface area (Å²) in [6, 6.07) is 17.5. The van der Waals surface area contributed by atoms with E-state index in [0.717, 1.165) is 22.4 Å². The molecular weight excluding hydrogens is 366 g/mol. The first-order valence-corrected chi connectivity index (χ1v) is 9.60. The van der Waals surface area contributed by atoms with Crippen molar-refractivity contribution < 1.29 is 19.1 Å². The van der Waals surface area contributed by atoms with E-state index in [1.165, 1.54) is 6.92 Å². The maximum atomic E-state index is 12.8. The molecule has 1 aromatic heterocycles. The Morgan fingerprint density at radius 1 is 1.00 bits per heavy atom. The number of Topliss-reactive ketones (excluding diaryl/α,β-unsaturated/α-hetero) is 1. The van der Waals surface area contributed by atoms with E-state index in [9.17, 15) is 9.59 Å². The molecule has 0 saturated heterocycles. The lowest BCUT2D eigenvalue weighted by Crippen LogP contribution is -2.15. The third-order valence-corrected chi connectivity index (χ3v) is 4.67. The molecule has 0 spiro atoms. The molecule has 0 aliphatic carbocycles. The van der Waals surface area contributed by atoms with Crippen LogP contribution < -0.4 is 4.74 Å². The molecule has 3 aromatic rings. The van der Waals surface area contributed by atoms with Crippen molar-refractivity contribution in [3.63, 3.8) is 0 Å². The van der Waals surface area contributed by atoms with E-state index in [2.05, 4.69) is 0 Å². The molecule has 0 aliphatic heterocycles. The number of carbonyl (C=O) groups is 2. The Labute approximate surface area is 170 Å². The van der Waals surface area contributed by atoms with Crippen molar-refractivity contribution in [3.05, 3.63) is 77.6 Å². The second kappa shape index (κ2) is 9.24. The van der Waals surface area contributed by atoms with Gasteiger partial charge in [-0.1, -0.05) is 42.5 Å². The summed E-state index contributed by atoms with van der Waals surface area (Å²) in [6.07, 6.45) is 2.09. The lowest BCUT2D eigenvalue weighted by atomic mass is 9.99. The summed E-state index contributed by atoms with van der Waals surface area (Å²) in [7, 11) is 1.62. The predicted molar refractivity (Wildman–Crippen MR) is 112 cm³/mol. The van der Waals surface area contributed by atoms with Crippen LogP contribution in [-0.2, 0) is 22.5 Å². The average molecular weight is 391 g/mol. The van der Waals surface area contributed by atoms with E-state index in [0.29, 0.717) is 17.8 Å². The Bertz CT molecular complexity index is 988. The fourth-order valence-electron chi connectivity index (χ4n) is 3.39. The van der Waals surface area contributed by atoms with E-state index in [4.69, 9.17) is 9.47 Å². The zero-order valence-corrected chi connectivity index (χ0v) is 17.0. The van der Waals surface area contributed by atoms with Gasteiger partial charge in [0.05, 0.1) is 13.7 Å². The van der Waals surface area contributed by atoms with Crippen LogP contribution in [0.3, 0.4) is 0 Å². The molecule has 2 aromatic carbocycles. The van der Waals surface area contributed by atoms with Crippen molar-refractivity contribution in [2.45, 2.75) is 26.8 Å². The number of hydrogen-bond acceptors (Lipinski definition) is 4. The molecule has 1 heterocycles. The summed E-state index contributed by atoms with van der Waals surface area (Å²) >= 11 is 0. The first kappa shape index (κ1) is 20.4. The van der Waals surface area contributed by atoms with Crippen molar-refractivity contribution in [3.8, 4) is 16.9 Å². The Hall–Kier alpha value is -3.34. The molecule has 5 heteroatoms. The summed E-state index contributed by atoms with van der Waals surface area (Å²) in [5.74, 6) is 0.318. The Morgan fingerprint density at radius 3 is 2.28 bits per heavy atom. The lowest BCUT2D eigenvalue weighted by Gasteiger charge is -2.11. The van der Waals surface area contributed by atoms with E-state index in [1.807, 2.05) is 65.4 Å². The quantitative estimate of drug-likeness (QED) is 0.530. The highest BCUT2D eigenvalue weighted by Gasteiger charge is 2.24. The predicted octanol–water partition coefficient (Wildman–Crippen LogP) is 4.52. The van der Waals surface area contributed by atoms with E-state index < -0.39 is 5.97 Å². The Morgan fingerprint density at radius 2 is 1.69 bits per heavy atom. The molecule has 0 radical (unpaired) electrons. The SMILES string of the molecule is CCOC(=O)c1c(CC(C)=O)c(-c2ccc(OC)cc2)cn1Cc1ccccc1. The molecule has 150 valence electrons. The van der Waals surface area contributed by atoms with Gasteiger partial charge in [-0.3, -0.25) is 4.79 Å². The maximum Gasteiger partial charge on any atom is 0.355 e. The van der Waals surface area contributed by atoms with Crippen LogP contribution in [0.15, 0.2) is 60.8 Å². The molecule has 0 fully saturated rings. The molecule has 0 N–H and O–H groups in total. The topological polar surface area (TPSA) is 57.5 Å². The number of carbonyl (C=O) groups excluding carboxylic acids is 2. The molecule has 0 saturated carbocycles. The van der Waals surface area contributed by atoms with Crippen molar-refractivity contribution in [1.82, 2.24) is 4.57 Å². The second-order valence-corrected chi connectivity index (χ2v) is 6.81. The molecule has 0 aliphatic rings. The lowest BCUT2D eigenvalue weighted by molar-refractivity contribution is -0.116. The van der Waals surface area contributed by atoms with Gasteiger partial charge in [-0.25, -0.2) is 4.79 Å². The smallest absolute Gasteiger partial charge is 0.355 e. The Kier molecular flexibility index (Phi) is 6.50. The number of nitrogens with zero attached hydrogens (tertiary/aromatic N) is 1. The number of ether oxygens (including phenoxy) is 2. The molecule has 29 heavy (non-hydrogen) atoms. The first-order chi connectivity index (χ1) is 14.0. The van der Waals surface area contributed by atoms with Crippen LogP contribution in [0.2, 0.25) is 0 Å². The van der Waals surface area contributed by atoms with Crippen molar-refractivity contribution in [2.24, 2.45) is 0 Å². The molecule has 5 nitrogen and oxygen atoms in total. The van der Waals surface area contributed by atoms with Crippen LogP contribution in [0, 0.1) is 0 Å². The first-order valence-electron chi connectivity index (χ1n) is 9.60. The number of ketones is 1. The minimum absolute atomic E-state index is 0.0113. The number of esters is 1. The van der Waals surface area contributed by atoms with Crippen LogP contribution >= 0.6 is 0 Å². The zero-order valence-electron chi connectivity index (χ0n) is 17.0. The molecule has 0 unspecified atom stereocenters. The van der Waals surface area contributed by atoms with Gasteiger partial charge in [0.25, 0.3) is 0 Å². The normalized spacial score (nSPS) is 10.6. The highest BCUT2D eigenvalue weighted by molar-refractivity contribution is 5.95. The molecule has 3 rings (SSSR count). The summed E-state index contributed by atoms with van der Waals surface area (Å²) < 4.78 is 12.4. The largest absolute Gasteiger partial charge is 0.497 e. The fourth-order valence-corrected chi connectivity index (χ4v) is 3.39. The van der Waals surface area contributed by atoms with Crippen LogP contribution in [-0.4, -0.2) is 30.0 Å². The van der Waals surface area contributed by atoms with E-state index >= 15 is 0 Å². The van der Waals surface area contributed by atoms with Crippen molar-refractivity contribution in [2.75, 3.05) is 13.7 Å². The molecule has 0 amide bonds. The monoisotopic (exact) mass is 391 g/mol. The highest BCUT2D eigenvalue weighted by Crippen LogP contribution is 2.31. The summed E-state index contributed by atoms with van der Waals surface area (Å²) in [5.41, 5.74) is 3.94. The van der Waals surface area contributed by atoms with Crippen LogP contribution in [0.5, 0.6) is 5.75 Å². The second-order valence-electron chi connectivity index (χ2n) is 6.81. The highest BCUT2D eigenvalue weighted by atomic mass is 16.5. The van der Waals surface area contributed by atoms with Crippen molar-refractivity contribution in [1.29, 1.82) is 0 Å². The van der Waals surface area contributed by atoms with E-state index in [-0.39, 0.29) is 18.8 Å². The summed E-state index contributed by atoms with van der Waals surface area (Å²) in [4.78, 5) is 24.8. The van der Waals surface area contributed by atoms with Crippen molar-refractivity contribution >= 4 is 11.8 Å². The van der Waals surface area contributed by atoms with Gasteiger partial charge in [0, 0.05) is 24.7 Å². The number of hydrogen-bond donors (Lipinski definition) is 0. The van der Waals surface area contributed by atoms with Gasteiger partial charge in [-0.15, -0.1) is 0 Å². The van der Waals surface area contributed by atoms with Gasteiger partial charge in [0.15, 0.2) is 0 Å². The maximum absolute atomic E-state index is 12.8. The third-order valence-electron chi connectivity index (χ3n) is 4.67. The minimum Gasteiger partial charge on any atom is -0.497 e. The zero-order chi connectivity index (χ0) is 20.8. The molecule has 0 atom stereocenters. The number of aromatic nitrogens is 1. The van der Waals surface area contributed by atoms with Crippen LogP contribution in [0.1, 0.15) is 35.5 Å². The Balaban J connectivity index is 2.16. The van der Waals surface area contributed by atoms with Gasteiger partial charge in [-0.05, 0) is 42.7 Å².